The zero-order valence-electron chi connectivity index (χ0n) is 34.8. The molecule has 2 saturated carbocycles. The van der Waals surface area contributed by atoms with Gasteiger partial charge < -0.3 is 10.4 Å². The van der Waals surface area contributed by atoms with E-state index in [9.17, 15) is 31.1 Å². The van der Waals surface area contributed by atoms with Crippen LogP contribution in [0.4, 0.5) is 23.5 Å². The first-order valence-corrected chi connectivity index (χ1v) is 22.4. The fourth-order valence-corrected chi connectivity index (χ4v) is 7.80. The standard InChI is InChI=1S/C24H24F2N6O.C21H17F2N5O2S/c1-24(2,33)13-29-23-28-8-7-18(30-23)21-20(16-6-5-15(25)12-17(16)26)31-22-19(11-14-3-4-14)27-9-10-32(21)22;1-31(29,30)21-25-7-6-16(26-21)19-18(14-5-4-13(22)11-15(14)23)27-20-17(10-12-2-3-12)24-8-9-28(19)20/h5-10,12,14,33H,3-4,11,13H2,1-2H3,(H,28,29,30);4-9,11-12H,2-3,10H2,1H3. The molecular weight excluding hydrogens is 851 g/mol. The lowest BCUT2D eigenvalue weighted by Gasteiger charge is -2.17. The average Bonchev–Trinajstić information content (AvgIpc) is 4.18. The van der Waals surface area contributed by atoms with Gasteiger partial charge in [-0.15, -0.1) is 0 Å². The van der Waals surface area contributed by atoms with Gasteiger partial charge in [-0.05, 0) is 101 Å². The molecule has 0 amide bonds. The van der Waals surface area contributed by atoms with E-state index in [4.69, 9.17) is 4.98 Å². The minimum atomic E-state index is -3.66. The van der Waals surface area contributed by atoms with E-state index < -0.39 is 38.7 Å². The molecule has 328 valence electrons. The van der Waals surface area contributed by atoms with E-state index in [0.717, 1.165) is 74.4 Å². The van der Waals surface area contributed by atoms with Crippen molar-refractivity contribution in [3.05, 3.63) is 120 Å². The fraction of sp³-hybridized carbons (Fsp3) is 0.289. The molecule has 0 atom stereocenters. The number of anilines is 1. The van der Waals surface area contributed by atoms with Crippen LogP contribution in [0.5, 0.6) is 0 Å². The van der Waals surface area contributed by atoms with Crippen LogP contribution in [0.3, 0.4) is 0 Å². The second kappa shape index (κ2) is 16.8. The van der Waals surface area contributed by atoms with Crippen molar-refractivity contribution in [2.24, 2.45) is 11.8 Å². The largest absolute Gasteiger partial charge is 0.389 e. The number of aliphatic hydroxyl groups is 1. The Kier molecular flexibility index (Phi) is 11.1. The molecule has 19 heteroatoms. The smallest absolute Gasteiger partial charge is 0.247 e. The number of hydrogen-bond acceptors (Lipinski definition) is 12. The predicted octanol–water partition coefficient (Wildman–Crippen LogP) is 7.75. The molecule has 14 nitrogen and oxygen atoms in total. The first-order valence-electron chi connectivity index (χ1n) is 20.6. The number of rotatable bonds is 12. The Balaban J connectivity index is 0.000000162. The Bertz CT molecular complexity index is 3180. The molecular formula is C45H41F4N11O3S. The van der Waals surface area contributed by atoms with Crippen molar-refractivity contribution in [2.75, 3.05) is 18.1 Å². The number of hydrogen-bond donors (Lipinski definition) is 2. The van der Waals surface area contributed by atoms with E-state index in [2.05, 4.69) is 40.2 Å². The second-order valence-electron chi connectivity index (χ2n) is 16.7. The SMILES string of the molecule is CC(C)(O)CNc1nccc(-c2c(-c3ccc(F)cc3F)nc3c(CC4CC4)nccn23)n1.CS(=O)(=O)c1nccc(-c2c(-c3ccc(F)cc3F)nc3c(CC4CC4)nccn23)n1. The normalized spacial score (nSPS) is 14.2. The summed E-state index contributed by atoms with van der Waals surface area (Å²) in [7, 11) is -3.66. The number of nitrogens with zero attached hydrogens (tertiary/aromatic N) is 10. The van der Waals surface area contributed by atoms with Gasteiger partial charge in [0, 0.05) is 73.2 Å². The van der Waals surface area contributed by atoms with Gasteiger partial charge in [-0.2, -0.15) is 0 Å². The lowest BCUT2D eigenvalue weighted by atomic mass is 10.1. The van der Waals surface area contributed by atoms with Gasteiger partial charge in [-0.3, -0.25) is 18.8 Å². The molecule has 0 radical (unpaired) electrons. The van der Waals surface area contributed by atoms with Gasteiger partial charge in [0.05, 0.1) is 39.8 Å². The third kappa shape index (κ3) is 9.17. The Labute approximate surface area is 364 Å². The van der Waals surface area contributed by atoms with Gasteiger partial charge >= 0.3 is 0 Å². The average molecular weight is 892 g/mol. The first-order chi connectivity index (χ1) is 30.6. The topological polar surface area (TPSA) is 178 Å². The summed E-state index contributed by atoms with van der Waals surface area (Å²) in [5, 5.41) is 12.7. The maximum atomic E-state index is 14.8. The third-order valence-electron chi connectivity index (χ3n) is 10.7. The summed E-state index contributed by atoms with van der Waals surface area (Å²) in [5.41, 5.74) is 4.35. The summed E-state index contributed by atoms with van der Waals surface area (Å²) in [5.74, 6) is -1.39. The molecule has 0 aliphatic heterocycles. The summed E-state index contributed by atoms with van der Waals surface area (Å²) < 4.78 is 84.2. The van der Waals surface area contributed by atoms with Crippen LogP contribution in [-0.4, -0.2) is 80.6 Å². The van der Waals surface area contributed by atoms with E-state index in [1.807, 2.05) is 4.40 Å². The third-order valence-corrected chi connectivity index (χ3v) is 11.6. The van der Waals surface area contributed by atoms with Crippen molar-refractivity contribution >= 4 is 27.1 Å². The van der Waals surface area contributed by atoms with Crippen LogP contribution in [-0.2, 0) is 22.7 Å². The number of aromatic nitrogens is 10. The van der Waals surface area contributed by atoms with E-state index in [0.29, 0.717) is 51.9 Å². The van der Waals surface area contributed by atoms with Crippen LogP contribution in [0.15, 0.2) is 90.9 Å². The summed E-state index contributed by atoms with van der Waals surface area (Å²) in [6.45, 7) is 3.61. The number of nitrogens with one attached hydrogen (secondary N) is 1. The number of sulfone groups is 1. The second-order valence-corrected chi connectivity index (χ2v) is 18.6. The molecule has 8 aromatic rings. The highest BCUT2D eigenvalue weighted by molar-refractivity contribution is 7.90. The molecule has 6 aromatic heterocycles. The Morgan fingerprint density at radius 1 is 0.672 bits per heavy atom. The molecule has 2 aliphatic rings. The summed E-state index contributed by atoms with van der Waals surface area (Å²) >= 11 is 0. The molecule has 2 aromatic carbocycles. The van der Waals surface area contributed by atoms with Gasteiger partial charge in [0.25, 0.3) is 0 Å². The van der Waals surface area contributed by atoms with Crippen LogP contribution < -0.4 is 5.32 Å². The Morgan fingerprint density at radius 3 is 1.61 bits per heavy atom. The van der Waals surface area contributed by atoms with E-state index in [-0.39, 0.29) is 34.2 Å². The van der Waals surface area contributed by atoms with Crippen molar-refractivity contribution in [1.29, 1.82) is 0 Å². The van der Waals surface area contributed by atoms with E-state index in [1.54, 1.807) is 55.3 Å². The van der Waals surface area contributed by atoms with Crippen molar-refractivity contribution in [3.8, 4) is 45.3 Å². The lowest BCUT2D eigenvalue weighted by molar-refractivity contribution is 0.0943. The summed E-state index contributed by atoms with van der Waals surface area (Å²) in [6, 6.07) is 9.94. The zero-order chi connectivity index (χ0) is 44.9. The number of fused-ring (bicyclic) bond motifs is 2. The molecule has 0 bridgehead atoms. The van der Waals surface area contributed by atoms with Gasteiger partial charge in [-0.1, -0.05) is 0 Å². The molecule has 2 N–H and O–H groups in total. The lowest BCUT2D eigenvalue weighted by Crippen LogP contribution is -2.29. The van der Waals surface area contributed by atoms with Crippen molar-refractivity contribution in [2.45, 2.75) is 63.1 Å². The molecule has 0 spiro atoms. The van der Waals surface area contributed by atoms with Crippen molar-refractivity contribution in [3.63, 3.8) is 0 Å². The quantitative estimate of drug-likeness (QED) is 0.0902. The molecule has 2 aliphatic carbocycles. The molecule has 6 heterocycles. The van der Waals surface area contributed by atoms with Crippen LogP contribution >= 0.6 is 0 Å². The zero-order valence-corrected chi connectivity index (χ0v) is 35.7. The maximum absolute atomic E-state index is 14.8. The van der Waals surface area contributed by atoms with E-state index in [1.165, 1.54) is 30.5 Å². The van der Waals surface area contributed by atoms with Crippen molar-refractivity contribution < 1.29 is 31.1 Å². The van der Waals surface area contributed by atoms with Gasteiger partial charge in [-0.25, -0.2) is 55.9 Å². The van der Waals surface area contributed by atoms with Crippen LogP contribution in [0.2, 0.25) is 0 Å². The highest BCUT2D eigenvalue weighted by Crippen LogP contribution is 2.39. The molecule has 64 heavy (non-hydrogen) atoms. The van der Waals surface area contributed by atoms with Gasteiger partial charge in [0.1, 0.15) is 34.7 Å². The predicted molar refractivity (Wildman–Crippen MR) is 229 cm³/mol. The number of imidazole rings is 2. The minimum absolute atomic E-state index is 0.0805. The Hall–Kier alpha value is -6.73. The molecule has 0 unspecified atom stereocenters. The highest BCUT2D eigenvalue weighted by Gasteiger charge is 2.29. The van der Waals surface area contributed by atoms with Gasteiger partial charge in [0.2, 0.25) is 20.9 Å². The molecule has 0 saturated heterocycles. The Morgan fingerprint density at radius 2 is 1.16 bits per heavy atom. The van der Waals surface area contributed by atoms with Crippen LogP contribution in [0.1, 0.15) is 50.9 Å². The number of benzene rings is 2. The summed E-state index contributed by atoms with van der Waals surface area (Å²) in [6.07, 6.45) is 16.8. The van der Waals surface area contributed by atoms with E-state index >= 15 is 0 Å². The van der Waals surface area contributed by atoms with Crippen LogP contribution in [0.25, 0.3) is 56.6 Å². The monoisotopic (exact) mass is 891 g/mol. The number of halogens is 4. The fourth-order valence-electron chi connectivity index (χ4n) is 7.29. The molecule has 2 fully saturated rings. The van der Waals surface area contributed by atoms with Crippen LogP contribution in [0, 0.1) is 35.1 Å². The first kappa shape index (κ1) is 42.6. The van der Waals surface area contributed by atoms with Crippen molar-refractivity contribution in [1.82, 2.24) is 48.7 Å². The highest BCUT2D eigenvalue weighted by atomic mass is 32.2. The molecule has 10 rings (SSSR count). The minimum Gasteiger partial charge on any atom is -0.389 e. The summed E-state index contributed by atoms with van der Waals surface area (Å²) in [4.78, 5) is 35.3. The van der Waals surface area contributed by atoms with Gasteiger partial charge in [0.15, 0.2) is 11.3 Å². The maximum Gasteiger partial charge on any atom is 0.247 e.